The summed E-state index contributed by atoms with van der Waals surface area (Å²) in [7, 11) is 0. The van der Waals surface area contributed by atoms with Gasteiger partial charge in [-0.2, -0.15) is 0 Å². The maximum Gasteiger partial charge on any atom is 0.407 e. The van der Waals surface area contributed by atoms with Crippen molar-refractivity contribution in [3.05, 3.63) is 60.2 Å². The summed E-state index contributed by atoms with van der Waals surface area (Å²) in [6, 6.07) is 8.37. The maximum atomic E-state index is 12.1. The average Bonchev–Trinajstić information content (AvgIpc) is 2.77. The van der Waals surface area contributed by atoms with Crippen molar-refractivity contribution < 1.29 is 24.3 Å². The Morgan fingerprint density at radius 2 is 1.90 bits per heavy atom. The van der Waals surface area contributed by atoms with Crippen LogP contribution in [0, 0.1) is 0 Å². The fraction of sp³-hybridized carbons (Fsp3) is 0.316. The van der Waals surface area contributed by atoms with E-state index in [2.05, 4.69) is 20.6 Å². The van der Waals surface area contributed by atoms with Crippen molar-refractivity contribution in [1.29, 1.82) is 0 Å². The molecule has 0 fully saturated rings. The van der Waals surface area contributed by atoms with Gasteiger partial charge in [-0.1, -0.05) is 30.3 Å². The van der Waals surface area contributed by atoms with Gasteiger partial charge in [0.05, 0.1) is 6.20 Å². The van der Waals surface area contributed by atoms with Gasteiger partial charge >= 0.3 is 6.09 Å². The van der Waals surface area contributed by atoms with Crippen molar-refractivity contribution in [3.63, 3.8) is 0 Å². The molecule has 0 aliphatic carbocycles. The minimum absolute atomic E-state index is 0.0612. The van der Waals surface area contributed by atoms with E-state index in [0.717, 1.165) is 5.56 Å². The number of benzene rings is 1. The van der Waals surface area contributed by atoms with E-state index in [1.54, 1.807) is 0 Å². The molecule has 0 spiro atoms. The summed E-state index contributed by atoms with van der Waals surface area (Å²) >= 11 is 0. The van der Waals surface area contributed by atoms with Crippen LogP contribution in [-0.4, -0.2) is 45.7 Å². The number of carbonyl (C=O) groups is 3. The highest BCUT2D eigenvalue weighted by Gasteiger charge is 2.21. The van der Waals surface area contributed by atoms with E-state index in [9.17, 15) is 14.4 Å². The Kier molecular flexibility index (Phi) is 9.03. The standard InChI is InChI=1S/C19H23N5O5/c25-17(16-12-20-10-11-21-16)23-15(18(26)24-28)8-4-5-9-22-19(27)29-13-14-6-2-1-3-7-14/h1-3,6-7,10-12,15,28H,4-5,8-9,13H2,(H,22,27)(H,23,25)(H,24,26)/t15-/m0/s1. The zero-order valence-corrected chi connectivity index (χ0v) is 15.7. The normalized spacial score (nSPS) is 11.2. The second-order valence-electron chi connectivity index (χ2n) is 6.08. The van der Waals surface area contributed by atoms with E-state index < -0.39 is 23.9 Å². The van der Waals surface area contributed by atoms with Gasteiger partial charge in [0.25, 0.3) is 11.8 Å². The van der Waals surface area contributed by atoms with Crippen LogP contribution >= 0.6 is 0 Å². The lowest BCUT2D eigenvalue weighted by Crippen LogP contribution is -2.46. The SMILES string of the molecule is O=C(NCCCC[C@H](NC(=O)c1cnccn1)C(=O)NO)OCc1ccccc1. The molecule has 0 unspecified atom stereocenters. The fourth-order valence-electron chi connectivity index (χ4n) is 2.43. The Morgan fingerprint density at radius 3 is 2.59 bits per heavy atom. The van der Waals surface area contributed by atoms with Gasteiger partial charge in [-0.15, -0.1) is 0 Å². The van der Waals surface area contributed by atoms with Crippen LogP contribution in [0.3, 0.4) is 0 Å². The van der Waals surface area contributed by atoms with Gasteiger partial charge in [-0.05, 0) is 24.8 Å². The number of aromatic nitrogens is 2. The molecule has 0 saturated carbocycles. The molecule has 1 atom stereocenters. The first kappa shape index (κ1) is 21.8. The van der Waals surface area contributed by atoms with E-state index >= 15 is 0 Å². The van der Waals surface area contributed by atoms with Gasteiger partial charge in [0.1, 0.15) is 18.3 Å². The van der Waals surface area contributed by atoms with Gasteiger partial charge < -0.3 is 15.4 Å². The second kappa shape index (κ2) is 12.0. The number of nitrogens with zero attached hydrogens (tertiary/aromatic N) is 2. The smallest absolute Gasteiger partial charge is 0.407 e. The topological polar surface area (TPSA) is 143 Å². The lowest BCUT2D eigenvalue weighted by atomic mass is 10.1. The first-order valence-electron chi connectivity index (χ1n) is 9.05. The molecule has 1 aromatic carbocycles. The van der Waals surface area contributed by atoms with Crippen molar-refractivity contribution in [2.24, 2.45) is 0 Å². The van der Waals surface area contributed by atoms with Gasteiger partial charge in [-0.3, -0.25) is 19.8 Å². The molecule has 4 N–H and O–H groups in total. The molecule has 0 aliphatic heterocycles. The molecule has 29 heavy (non-hydrogen) atoms. The molecule has 2 rings (SSSR count). The number of carbonyl (C=O) groups excluding carboxylic acids is 3. The summed E-state index contributed by atoms with van der Waals surface area (Å²) in [5.41, 5.74) is 2.48. The molecule has 0 aliphatic rings. The molecule has 10 nitrogen and oxygen atoms in total. The predicted octanol–water partition coefficient (Wildman–Crippen LogP) is 1.18. The molecule has 0 saturated heterocycles. The van der Waals surface area contributed by atoms with Crippen LogP contribution in [0.25, 0.3) is 0 Å². The first-order chi connectivity index (χ1) is 14.1. The van der Waals surface area contributed by atoms with Crippen molar-refractivity contribution in [2.75, 3.05) is 6.54 Å². The number of amides is 3. The highest BCUT2D eigenvalue weighted by atomic mass is 16.5. The monoisotopic (exact) mass is 401 g/mol. The molecular weight excluding hydrogens is 378 g/mol. The molecular formula is C19H23N5O5. The van der Waals surface area contributed by atoms with Crippen LogP contribution in [0.15, 0.2) is 48.9 Å². The van der Waals surface area contributed by atoms with Gasteiger partial charge in [0.2, 0.25) is 0 Å². The summed E-state index contributed by atoms with van der Waals surface area (Å²) in [6.45, 7) is 0.527. The highest BCUT2D eigenvalue weighted by Crippen LogP contribution is 2.04. The number of hydroxylamine groups is 1. The average molecular weight is 401 g/mol. The number of rotatable bonds is 10. The van der Waals surface area contributed by atoms with Gasteiger partial charge in [-0.25, -0.2) is 15.3 Å². The van der Waals surface area contributed by atoms with Gasteiger partial charge in [0, 0.05) is 18.9 Å². The van der Waals surface area contributed by atoms with Crippen LogP contribution in [0.5, 0.6) is 0 Å². The van der Waals surface area contributed by atoms with E-state index in [1.807, 2.05) is 30.3 Å². The molecule has 0 radical (unpaired) electrons. The highest BCUT2D eigenvalue weighted by molar-refractivity contribution is 5.95. The Hall–Kier alpha value is -3.53. The summed E-state index contributed by atoms with van der Waals surface area (Å²) < 4.78 is 5.10. The van der Waals surface area contributed by atoms with Crippen molar-refractivity contribution in [1.82, 2.24) is 26.1 Å². The third-order valence-electron chi connectivity index (χ3n) is 3.93. The molecule has 154 valence electrons. The van der Waals surface area contributed by atoms with E-state index in [-0.39, 0.29) is 18.7 Å². The summed E-state index contributed by atoms with van der Waals surface area (Å²) in [6.07, 6.45) is 4.85. The van der Waals surface area contributed by atoms with Crippen molar-refractivity contribution >= 4 is 17.9 Å². The fourth-order valence-corrected chi connectivity index (χ4v) is 2.43. The number of hydrogen-bond donors (Lipinski definition) is 4. The number of nitrogens with one attached hydrogen (secondary N) is 3. The second-order valence-corrected chi connectivity index (χ2v) is 6.08. The molecule has 10 heteroatoms. The molecule has 3 amide bonds. The largest absolute Gasteiger partial charge is 0.445 e. The minimum Gasteiger partial charge on any atom is -0.445 e. The zero-order chi connectivity index (χ0) is 20.9. The minimum atomic E-state index is -0.945. The predicted molar refractivity (Wildman–Crippen MR) is 102 cm³/mol. The van der Waals surface area contributed by atoms with Gasteiger partial charge in [0.15, 0.2) is 0 Å². The van der Waals surface area contributed by atoms with Crippen LogP contribution in [0.2, 0.25) is 0 Å². The van der Waals surface area contributed by atoms with Crippen LogP contribution in [-0.2, 0) is 16.1 Å². The third-order valence-corrected chi connectivity index (χ3v) is 3.93. The Labute approximate surface area is 167 Å². The Bertz CT molecular complexity index is 788. The van der Waals surface area contributed by atoms with E-state index in [4.69, 9.17) is 9.94 Å². The summed E-state index contributed by atoms with van der Waals surface area (Å²) in [5, 5.41) is 14.0. The lowest BCUT2D eigenvalue weighted by molar-refractivity contribution is -0.131. The number of ether oxygens (including phenoxy) is 1. The summed E-state index contributed by atoms with van der Waals surface area (Å²) in [5.74, 6) is -1.31. The summed E-state index contributed by atoms with van der Waals surface area (Å²) in [4.78, 5) is 43.2. The maximum absolute atomic E-state index is 12.1. The zero-order valence-electron chi connectivity index (χ0n) is 15.7. The molecule has 0 bridgehead atoms. The third kappa shape index (κ3) is 7.93. The van der Waals surface area contributed by atoms with Crippen LogP contribution in [0.4, 0.5) is 4.79 Å². The molecule has 2 aromatic rings. The Morgan fingerprint density at radius 1 is 1.10 bits per heavy atom. The molecule has 1 heterocycles. The molecule has 1 aromatic heterocycles. The quantitative estimate of drug-likeness (QED) is 0.266. The van der Waals surface area contributed by atoms with Crippen molar-refractivity contribution in [3.8, 4) is 0 Å². The number of hydrogen-bond acceptors (Lipinski definition) is 7. The first-order valence-corrected chi connectivity index (χ1v) is 9.05. The Balaban J connectivity index is 1.68. The van der Waals surface area contributed by atoms with Crippen molar-refractivity contribution in [2.45, 2.75) is 31.9 Å². The number of unbranched alkanes of at least 4 members (excludes halogenated alkanes) is 1. The van der Waals surface area contributed by atoms with E-state index in [0.29, 0.717) is 19.4 Å². The van der Waals surface area contributed by atoms with Crippen LogP contribution in [0.1, 0.15) is 35.3 Å². The van der Waals surface area contributed by atoms with E-state index in [1.165, 1.54) is 24.1 Å². The van der Waals surface area contributed by atoms with Crippen LogP contribution < -0.4 is 16.1 Å². The number of alkyl carbamates (subject to hydrolysis) is 1. The lowest BCUT2D eigenvalue weighted by Gasteiger charge is -2.16.